The van der Waals surface area contributed by atoms with Gasteiger partial charge in [0, 0.05) is 10.5 Å². The van der Waals surface area contributed by atoms with Gasteiger partial charge in [-0.2, -0.15) is 5.10 Å². The molecular formula is C13H15BrCl2N4. The van der Waals surface area contributed by atoms with Gasteiger partial charge in [-0.15, -0.1) is 0 Å². The molecule has 0 radical (unpaired) electrons. The van der Waals surface area contributed by atoms with Crippen molar-refractivity contribution in [1.29, 1.82) is 0 Å². The number of benzene rings is 1. The van der Waals surface area contributed by atoms with E-state index in [1.165, 1.54) is 0 Å². The summed E-state index contributed by atoms with van der Waals surface area (Å²) in [5.41, 5.74) is 4.53. The second-order valence-electron chi connectivity index (χ2n) is 4.69. The van der Waals surface area contributed by atoms with E-state index in [2.05, 4.69) is 26.5 Å². The molecule has 1 aromatic carbocycles. The Kier molecular flexibility index (Phi) is 5.09. The normalized spacial score (nSPS) is 12.9. The quantitative estimate of drug-likeness (QED) is 0.623. The summed E-state index contributed by atoms with van der Waals surface area (Å²) in [6, 6.07) is 5.57. The number of hydrogen-bond acceptors (Lipinski definition) is 3. The predicted molar refractivity (Wildman–Crippen MR) is 85.9 cm³/mol. The minimum atomic E-state index is -0.280. The molecule has 0 spiro atoms. The summed E-state index contributed by atoms with van der Waals surface area (Å²) >= 11 is 15.8. The lowest BCUT2D eigenvalue weighted by Crippen LogP contribution is -2.31. The topological polar surface area (TPSA) is 55.9 Å². The molecule has 108 valence electrons. The molecule has 0 aliphatic heterocycles. The van der Waals surface area contributed by atoms with Crippen molar-refractivity contribution in [2.24, 2.45) is 5.84 Å². The molecular weight excluding hydrogens is 363 g/mol. The summed E-state index contributed by atoms with van der Waals surface area (Å²) in [6.07, 6.45) is 1.63. The van der Waals surface area contributed by atoms with Crippen LogP contribution in [0.4, 0.5) is 0 Å². The average Bonchev–Trinajstić information content (AvgIpc) is 2.77. The largest absolute Gasteiger partial charge is 0.271 e. The van der Waals surface area contributed by atoms with Gasteiger partial charge in [-0.1, -0.05) is 29.3 Å². The molecule has 7 heteroatoms. The SMILES string of the molecule is CC(C)n1ncc(Cl)c1C(NN)c1ccc(Br)c(Cl)c1. The molecule has 0 aliphatic rings. The van der Waals surface area contributed by atoms with Gasteiger partial charge >= 0.3 is 0 Å². The van der Waals surface area contributed by atoms with Crippen LogP contribution >= 0.6 is 39.1 Å². The van der Waals surface area contributed by atoms with Crippen molar-refractivity contribution in [2.45, 2.75) is 25.9 Å². The van der Waals surface area contributed by atoms with Crippen LogP contribution in [0.5, 0.6) is 0 Å². The van der Waals surface area contributed by atoms with Crippen molar-refractivity contribution >= 4 is 39.1 Å². The first-order chi connectivity index (χ1) is 9.45. The van der Waals surface area contributed by atoms with E-state index in [1.807, 2.05) is 36.7 Å². The van der Waals surface area contributed by atoms with Crippen LogP contribution in [0.15, 0.2) is 28.9 Å². The van der Waals surface area contributed by atoms with Gasteiger partial charge in [-0.3, -0.25) is 10.5 Å². The number of nitrogens with two attached hydrogens (primary N) is 1. The minimum Gasteiger partial charge on any atom is -0.271 e. The van der Waals surface area contributed by atoms with E-state index in [-0.39, 0.29) is 12.1 Å². The van der Waals surface area contributed by atoms with Crippen molar-refractivity contribution in [3.8, 4) is 0 Å². The zero-order chi connectivity index (χ0) is 14.9. The molecule has 2 rings (SSSR count). The number of nitrogens with zero attached hydrogens (tertiary/aromatic N) is 2. The molecule has 0 fully saturated rings. The Labute approximate surface area is 136 Å². The molecule has 1 unspecified atom stereocenters. The van der Waals surface area contributed by atoms with Crippen molar-refractivity contribution < 1.29 is 0 Å². The Morgan fingerprint density at radius 2 is 2.00 bits per heavy atom. The fraction of sp³-hybridized carbons (Fsp3) is 0.308. The third-order valence-corrected chi connectivity index (χ3v) is 4.52. The highest BCUT2D eigenvalue weighted by atomic mass is 79.9. The van der Waals surface area contributed by atoms with Gasteiger partial charge in [0.05, 0.1) is 28.0 Å². The minimum absolute atomic E-state index is 0.180. The molecule has 0 aliphatic carbocycles. The molecule has 2 aromatic rings. The maximum Gasteiger partial charge on any atom is 0.0894 e. The lowest BCUT2D eigenvalue weighted by atomic mass is 10.0. The van der Waals surface area contributed by atoms with Gasteiger partial charge in [0.15, 0.2) is 0 Å². The monoisotopic (exact) mass is 376 g/mol. The van der Waals surface area contributed by atoms with E-state index in [9.17, 15) is 0 Å². The number of rotatable bonds is 4. The fourth-order valence-corrected chi connectivity index (χ4v) is 2.73. The van der Waals surface area contributed by atoms with Crippen LogP contribution in [0.3, 0.4) is 0 Å². The van der Waals surface area contributed by atoms with Gasteiger partial charge in [-0.05, 0) is 47.5 Å². The van der Waals surface area contributed by atoms with E-state index in [4.69, 9.17) is 29.0 Å². The zero-order valence-electron chi connectivity index (χ0n) is 11.1. The van der Waals surface area contributed by atoms with Crippen molar-refractivity contribution in [1.82, 2.24) is 15.2 Å². The number of hydrogen-bond donors (Lipinski definition) is 2. The van der Waals surface area contributed by atoms with Crippen LogP contribution in [-0.4, -0.2) is 9.78 Å². The highest BCUT2D eigenvalue weighted by Gasteiger charge is 2.22. The Hall–Kier alpha value is -0.590. The molecule has 0 bridgehead atoms. The molecule has 1 aromatic heterocycles. The molecule has 20 heavy (non-hydrogen) atoms. The number of hydrazine groups is 1. The molecule has 3 N–H and O–H groups in total. The Bertz CT molecular complexity index is 612. The highest BCUT2D eigenvalue weighted by molar-refractivity contribution is 9.10. The standard InChI is InChI=1S/C13H15BrCl2N4/c1-7(2)20-13(11(16)6-18-20)12(19-17)8-3-4-9(14)10(15)5-8/h3-7,12,19H,17H2,1-2H3. The van der Waals surface area contributed by atoms with E-state index < -0.39 is 0 Å². The van der Waals surface area contributed by atoms with Gasteiger partial charge in [0.1, 0.15) is 0 Å². The molecule has 4 nitrogen and oxygen atoms in total. The summed E-state index contributed by atoms with van der Waals surface area (Å²) in [5.74, 6) is 5.72. The third-order valence-electron chi connectivity index (χ3n) is 2.99. The van der Waals surface area contributed by atoms with Crippen LogP contribution in [0.2, 0.25) is 10.0 Å². The average molecular weight is 378 g/mol. The van der Waals surface area contributed by atoms with Crippen molar-refractivity contribution in [3.05, 3.63) is 50.2 Å². The van der Waals surface area contributed by atoms with Gasteiger partial charge in [0.2, 0.25) is 0 Å². The second kappa shape index (κ2) is 6.45. The van der Waals surface area contributed by atoms with Crippen LogP contribution in [0, 0.1) is 0 Å². The van der Waals surface area contributed by atoms with Crippen LogP contribution < -0.4 is 11.3 Å². The smallest absolute Gasteiger partial charge is 0.0894 e. The highest BCUT2D eigenvalue weighted by Crippen LogP contribution is 2.32. The van der Waals surface area contributed by atoms with Gasteiger partial charge in [0.25, 0.3) is 0 Å². The molecule has 1 heterocycles. The number of aromatic nitrogens is 2. The first kappa shape index (κ1) is 15.8. The van der Waals surface area contributed by atoms with Crippen molar-refractivity contribution in [2.75, 3.05) is 0 Å². The van der Waals surface area contributed by atoms with Crippen LogP contribution in [0.25, 0.3) is 0 Å². The van der Waals surface area contributed by atoms with Crippen LogP contribution in [-0.2, 0) is 0 Å². The van der Waals surface area contributed by atoms with Gasteiger partial charge in [-0.25, -0.2) is 5.43 Å². The van der Waals surface area contributed by atoms with Crippen LogP contribution in [0.1, 0.15) is 37.2 Å². The molecule has 0 amide bonds. The number of halogens is 3. The summed E-state index contributed by atoms with van der Waals surface area (Å²) in [4.78, 5) is 0. The molecule has 0 saturated heterocycles. The van der Waals surface area contributed by atoms with E-state index in [0.717, 1.165) is 15.7 Å². The van der Waals surface area contributed by atoms with Crippen molar-refractivity contribution in [3.63, 3.8) is 0 Å². The van der Waals surface area contributed by atoms with E-state index in [1.54, 1.807) is 6.20 Å². The first-order valence-electron chi connectivity index (χ1n) is 6.09. The zero-order valence-corrected chi connectivity index (χ0v) is 14.2. The Morgan fingerprint density at radius 1 is 1.30 bits per heavy atom. The Balaban J connectivity index is 2.52. The maximum atomic E-state index is 6.26. The lowest BCUT2D eigenvalue weighted by molar-refractivity contribution is 0.476. The third kappa shape index (κ3) is 3.02. The summed E-state index contributed by atoms with van der Waals surface area (Å²) in [6.45, 7) is 4.07. The lowest BCUT2D eigenvalue weighted by Gasteiger charge is -2.21. The first-order valence-corrected chi connectivity index (χ1v) is 7.64. The maximum absolute atomic E-state index is 6.26. The molecule has 1 atom stereocenters. The second-order valence-corrected chi connectivity index (χ2v) is 6.36. The summed E-state index contributed by atoms with van der Waals surface area (Å²) in [7, 11) is 0. The number of nitrogens with one attached hydrogen (secondary N) is 1. The summed E-state index contributed by atoms with van der Waals surface area (Å²) < 4.78 is 2.69. The Morgan fingerprint density at radius 3 is 2.55 bits per heavy atom. The fourth-order valence-electron chi connectivity index (χ4n) is 2.06. The summed E-state index contributed by atoms with van der Waals surface area (Å²) in [5, 5.41) is 5.49. The predicted octanol–water partition coefficient (Wildman–Crippen LogP) is 4.09. The molecule has 0 saturated carbocycles. The van der Waals surface area contributed by atoms with Gasteiger partial charge < -0.3 is 0 Å². The van der Waals surface area contributed by atoms with E-state index >= 15 is 0 Å². The van der Waals surface area contributed by atoms with E-state index in [0.29, 0.717) is 10.0 Å².